The van der Waals surface area contributed by atoms with Crippen LogP contribution in [0.5, 0.6) is 0 Å². The van der Waals surface area contributed by atoms with Crippen LogP contribution in [0.15, 0.2) is 29.3 Å². The molecule has 3 aliphatic rings. The van der Waals surface area contributed by atoms with Gasteiger partial charge in [0.1, 0.15) is 36.3 Å². The number of nitrogens with zero attached hydrogens (tertiary/aromatic N) is 1. The van der Waals surface area contributed by atoms with Crippen molar-refractivity contribution in [2.75, 3.05) is 32.0 Å². The summed E-state index contributed by atoms with van der Waals surface area (Å²) in [4.78, 5) is 127. The number of fused-ring (bicyclic) bond motifs is 5. The Kier molecular flexibility index (Phi) is 15.7. The molecule has 0 saturated carbocycles. The summed E-state index contributed by atoms with van der Waals surface area (Å²) in [5, 5.41) is 49.2. The Labute approximate surface area is 354 Å². The van der Waals surface area contributed by atoms with Crippen LogP contribution in [0.1, 0.15) is 52.0 Å². The van der Waals surface area contributed by atoms with Gasteiger partial charge in [-0.1, -0.05) is 45.4 Å². The van der Waals surface area contributed by atoms with E-state index in [1.807, 2.05) is 0 Å². The Morgan fingerprint density at radius 3 is 2.21 bits per heavy atom. The summed E-state index contributed by atoms with van der Waals surface area (Å²) in [5.41, 5.74) is 1.05. The summed E-state index contributed by atoms with van der Waals surface area (Å²) in [6.45, 7) is 2.75. The number of aliphatic hydroxyl groups is 2. The lowest BCUT2D eigenvalue weighted by Crippen LogP contribution is -2.62. The van der Waals surface area contributed by atoms with Gasteiger partial charge in [0, 0.05) is 35.5 Å². The molecule has 3 aliphatic heterocycles. The molecular weight excluding hydrogens is 819 g/mol. The van der Waals surface area contributed by atoms with Gasteiger partial charge in [0.15, 0.2) is 0 Å². The number of H-pyrrole nitrogens is 1. The zero-order valence-corrected chi connectivity index (χ0v) is 34.8. The molecule has 61 heavy (non-hydrogen) atoms. The fourth-order valence-electron chi connectivity index (χ4n) is 7.49. The molecule has 332 valence electrons. The topological polar surface area (TPSA) is 318 Å². The van der Waals surface area contributed by atoms with Crippen molar-refractivity contribution in [2.45, 2.75) is 100 Å². The van der Waals surface area contributed by atoms with E-state index in [-0.39, 0.29) is 31.6 Å². The molecule has 8 amide bonds. The number of aliphatic carboxylic acids is 1. The van der Waals surface area contributed by atoms with Gasteiger partial charge in [0.05, 0.1) is 37.2 Å². The summed E-state index contributed by atoms with van der Waals surface area (Å²) >= 11 is 1.03. The number of thioether (sulfide) groups is 1. The Morgan fingerprint density at radius 2 is 1.52 bits per heavy atom. The minimum Gasteiger partial charge on any atom is -0.481 e. The predicted molar refractivity (Wildman–Crippen MR) is 217 cm³/mol. The van der Waals surface area contributed by atoms with Gasteiger partial charge in [-0.2, -0.15) is 0 Å². The third-order valence-electron chi connectivity index (χ3n) is 11.3. The molecule has 11 N–H and O–H groups in total. The number of nitrogens with one attached hydrogen (secondary N) is 8. The molecule has 5 rings (SSSR count). The fourth-order valence-corrected chi connectivity index (χ4v) is 8.61. The predicted octanol–water partition coefficient (Wildman–Crippen LogP) is -3.01. The van der Waals surface area contributed by atoms with Crippen molar-refractivity contribution in [1.82, 2.24) is 47.1 Å². The minimum absolute atomic E-state index is 0.0269. The van der Waals surface area contributed by atoms with E-state index in [4.69, 9.17) is 0 Å². The van der Waals surface area contributed by atoms with Crippen molar-refractivity contribution >= 4 is 75.9 Å². The van der Waals surface area contributed by atoms with E-state index in [1.54, 1.807) is 38.1 Å². The molecule has 4 heterocycles. The molecule has 1 aromatic carbocycles. The van der Waals surface area contributed by atoms with Gasteiger partial charge in [0.2, 0.25) is 47.3 Å². The Bertz CT molecular complexity index is 2030. The second-order valence-electron chi connectivity index (χ2n) is 15.5. The lowest BCUT2D eigenvalue weighted by atomic mass is 9.94. The first-order valence-electron chi connectivity index (χ1n) is 20.1. The number of hydrogen-bond acceptors (Lipinski definition) is 12. The number of amides is 8. The highest BCUT2D eigenvalue weighted by Crippen LogP contribution is 2.32. The number of aromatic amines is 1. The first-order chi connectivity index (χ1) is 29.0. The lowest BCUT2D eigenvalue weighted by molar-refractivity contribution is -0.146. The van der Waals surface area contributed by atoms with Gasteiger partial charge in [-0.15, -0.1) is 11.8 Å². The van der Waals surface area contributed by atoms with Gasteiger partial charge >= 0.3 is 5.97 Å². The van der Waals surface area contributed by atoms with Crippen LogP contribution in [-0.2, 0) is 49.6 Å². The Hall–Kier alpha value is -5.74. The van der Waals surface area contributed by atoms with Gasteiger partial charge in [-0.25, -0.2) is 0 Å². The van der Waals surface area contributed by atoms with Crippen LogP contribution in [0, 0.1) is 11.8 Å². The molecule has 1 aromatic heterocycles. The van der Waals surface area contributed by atoms with E-state index >= 15 is 0 Å². The molecule has 2 bridgehead atoms. The highest BCUT2D eigenvalue weighted by atomic mass is 32.2. The van der Waals surface area contributed by atoms with E-state index in [0.717, 1.165) is 16.7 Å². The average Bonchev–Trinajstić information content (AvgIpc) is 3.87. The molecule has 2 aromatic rings. The first kappa shape index (κ1) is 46.3. The molecule has 0 spiro atoms. The zero-order valence-electron chi connectivity index (χ0n) is 33.9. The van der Waals surface area contributed by atoms with E-state index in [9.17, 15) is 58.5 Å². The third-order valence-corrected chi connectivity index (χ3v) is 12.4. The van der Waals surface area contributed by atoms with Crippen molar-refractivity contribution in [2.24, 2.45) is 11.8 Å². The summed E-state index contributed by atoms with van der Waals surface area (Å²) in [6.07, 6.45) is -1.91. The number of carbonyl (C=O) groups excluding carboxylic acids is 8. The van der Waals surface area contributed by atoms with Gasteiger partial charge in [-0.3, -0.25) is 43.2 Å². The minimum atomic E-state index is -1.72. The summed E-state index contributed by atoms with van der Waals surface area (Å²) < 4.78 is 0. The largest absolute Gasteiger partial charge is 0.481 e. The maximum atomic E-state index is 14.4. The third kappa shape index (κ3) is 11.4. The van der Waals surface area contributed by atoms with Crippen LogP contribution in [0.2, 0.25) is 0 Å². The molecule has 22 heteroatoms. The molecule has 1 fully saturated rings. The number of carboxylic acid groups (broad SMARTS) is 1. The van der Waals surface area contributed by atoms with Crippen molar-refractivity contribution in [1.29, 1.82) is 0 Å². The van der Waals surface area contributed by atoms with Crippen LogP contribution < -0.4 is 37.2 Å². The van der Waals surface area contributed by atoms with E-state index in [0.29, 0.717) is 27.9 Å². The standard InChI is InChI=1S/C39H53N9O12S/c1-4-18(2)31-36(58)41-14-28(51)42-25-17-61-38-21(20-8-5-6-9-22(20)45-38)12-23(33(55)40-15-29(52)46-31)43-37(59)32(19(3)27(50)16-49)47-35(57)26-10-7-11-48(26)39(60)24(13-30(53)54)44-34(25)56/h5-6,8-9,18-19,23-27,31-32,45,49-50H,4,7,10-17H2,1-3H3,(H,40,55)(H,41,58)(H,42,51)(H,43,59)(H,44,56)(H,46,52)(H,47,57)(H,53,54)/t18-,19-,23+,24?,25-,26-,27-,31-,32-/m0/s1. The smallest absolute Gasteiger partial charge is 0.305 e. The van der Waals surface area contributed by atoms with Crippen LogP contribution in [0.4, 0.5) is 0 Å². The Morgan fingerprint density at radius 1 is 0.836 bits per heavy atom. The summed E-state index contributed by atoms with van der Waals surface area (Å²) in [5.74, 6) is -10.2. The summed E-state index contributed by atoms with van der Waals surface area (Å²) in [6, 6.07) is -1.72. The quantitative estimate of drug-likeness (QED) is 0.132. The monoisotopic (exact) mass is 871 g/mol. The van der Waals surface area contributed by atoms with E-state index < -0.39 is 134 Å². The van der Waals surface area contributed by atoms with Gasteiger partial charge < -0.3 is 62.4 Å². The zero-order chi connectivity index (χ0) is 44.5. The molecular formula is C39H53N9O12S. The van der Waals surface area contributed by atoms with Crippen molar-refractivity contribution in [3.05, 3.63) is 29.8 Å². The number of hydrogen-bond donors (Lipinski definition) is 11. The number of carbonyl (C=O) groups is 9. The molecule has 9 atom stereocenters. The highest BCUT2D eigenvalue weighted by Gasteiger charge is 2.42. The van der Waals surface area contributed by atoms with Crippen molar-refractivity contribution < 1.29 is 58.5 Å². The van der Waals surface area contributed by atoms with E-state index in [1.165, 1.54) is 6.92 Å². The van der Waals surface area contributed by atoms with Crippen molar-refractivity contribution in [3.63, 3.8) is 0 Å². The number of carboxylic acids is 1. The van der Waals surface area contributed by atoms with Crippen LogP contribution in [0.25, 0.3) is 10.9 Å². The van der Waals surface area contributed by atoms with Gasteiger partial charge in [-0.05, 0) is 30.4 Å². The normalized spacial score (nSPS) is 26.9. The number of benzene rings is 1. The summed E-state index contributed by atoms with van der Waals surface area (Å²) in [7, 11) is 0. The lowest BCUT2D eigenvalue weighted by Gasteiger charge is -2.33. The average molecular weight is 872 g/mol. The van der Waals surface area contributed by atoms with Crippen molar-refractivity contribution in [3.8, 4) is 0 Å². The van der Waals surface area contributed by atoms with Crippen LogP contribution in [0.3, 0.4) is 0 Å². The van der Waals surface area contributed by atoms with E-state index in [2.05, 4.69) is 42.2 Å². The fraction of sp³-hybridized carbons (Fsp3) is 0.564. The maximum Gasteiger partial charge on any atom is 0.305 e. The molecule has 1 unspecified atom stereocenters. The number of aromatic nitrogens is 1. The molecule has 0 radical (unpaired) electrons. The first-order valence-corrected chi connectivity index (χ1v) is 21.1. The number of rotatable bonds is 7. The SMILES string of the molecule is CC[C@H](C)[C@@H]1NC(=O)CNC(=O)[C@H]2Cc3c([nH]c4ccccc34)SC[C@H](NC(=O)CNC1=O)C(=O)NC(CC(=O)O)C(=O)N1CCC[C@H]1C(=O)N[C@@H]([C@@H](C)[C@@H](O)CO)C(=O)N2. The second kappa shape index (κ2) is 20.7. The van der Waals surface area contributed by atoms with Gasteiger partial charge in [0.25, 0.3) is 0 Å². The van der Waals surface area contributed by atoms with Crippen LogP contribution >= 0.6 is 11.8 Å². The molecule has 21 nitrogen and oxygen atoms in total. The highest BCUT2D eigenvalue weighted by molar-refractivity contribution is 7.99. The number of aliphatic hydroxyl groups excluding tert-OH is 2. The second-order valence-corrected chi connectivity index (χ2v) is 16.5. The molecule has 0 aliphatic carbocycles. The Balaban J connectivity index is 1.68. The number of para-hydroxylation sites is 1. The maximum absolute atomic E-state index is 14.4. The molecule has 1 saturated heterocycles. The van der Waals surface area contributed by atoms with Crippen LogP contribution in [-0.4, -0.2) is 153 Å².